The van der Waals surface area contributed by atoms with Crippen LogP contribution in [0.2, 0.25) is 0 Å². The summed E-state index contributed by atoms with van der Waals surface area (Å²) >= 11 is 0. The lowest BCUT2D eigenvalue weighted by Gasteiger charge is -2.38. The van der Waals surface area contributed by atoms with E-state index >= 15 is 0 Å². The Balaban J connectivity index is 1.07. The number of hydrogen-bond acceptors (Lipinski definition) is 7. The first-order valence-corrected chi connectivity index (χ1v) is 18.9. The number of nitrogens with zero attached hydrogens (tertiary/aromatic N) is 2. The predicted molar refractivity (Wildman–Crippen MR) is 205 cm³/mol. The predicted octanol–water partition coefficient (Wildman–Crippen LogP) is 8.51. The van der Waals surface area contributed by atoms with Gasteiger partial charge in [0.2, 0.25) is 0 Å². The molecule has 1 aromatic heterocycles. The molecule has 0 radical (unpaired) electrons. The molecule has 8 nitrogen and oxygen atoms in total. The zero-order valence-electron chi connectivity index (χ0n) is 28.7. The number of benzene rings is 6. The van der Waals surface area contributed by atoms with Gasteiger partial charge in [-0.3, -0.25) is 14.6 Å². The Hall–Kier alpha value is -5.16. The Morgan fingerprint density at radius 3 is 2.21 bits per heavy atom. The molecule has 1 fully saturated rings. The average molecular weight is 710 g/mol. The number of para-hydroxylation sites is 1. The lowest BCUT2D eigenvalue weighted by molar-refractivity contribution is -0.252. The van der Waals surface area contributed by atoms with Crippen LogP contribution in [0.5, 0.6) is 0 Å². The second-order valence-electron chi connectivity index (χ2n) is 13.4. The second kappa shape index (κ2) is 14.5. The number of aromatic nitrogens is 1. The number of rotatable bonds is 10. The molecule has 0 amide bonds. The Labute approximate surface area is 303 Å². The van der Waals surface area contributed by atoms with Gasteiger partial charge < -0.3 is 14.6 Å². The van der Waals surface area contributed by atoms with E-state index in [2.05, 4.69) is 76.3 Å². The topological polar surface area (TPSA) is 101 Å². The van der Waals surface area contributed by atoms with Crippen LogP contribution < -0.4 is 4.72 Å². The average Bonchev–Trinajstić information content (AvgIpc) is 3.17. The van der Waals surface area contributed by atoms with Gasteiger partial charge in [0.05, 0.1) is 24.3 Å². The van der Waals surface area contributed by atoms with Gasteiger partial charge in [0.25, 0.3) is 10.0 Å². The Morgan fingerprint density at radius 1 is 0.769 bits per heavy atom. The van der Waals surface area contributed by atoms with Crippen molar-refractivity contribution < 1.29 is 23.0 Å². The zero-order valence-corrected chi connectivity index (χ0v) is 29.5. The smallest absolute Gasteiger partial charge is 0.264 e. The molecule has 2 heterocycles. The van der Waals surface area contributed by atoms with Crippen LogP contribution >= 0.6 is 0 Å². The van der Waals surface area contributed by atoms with Crippen LogP contribution in [0.15, 0.2) is 145 Å². The van der Waals surface area contributed by atoms with Crippen molar-refractivity contribution in [2.75, 3.05) is 18.3 Å². The highest BCUT2D eigenvalue weighted by Crippen LogP contribution is 2.39. The molecule has 2 N–H and O–H groups in total. The van der Waals surface area contributed by atoms with Gasteiger partial charge in [-0.25, -0.2) is 8.42 Å². The van der Waals surface area contributed by atoms with Crippen LogP contribution in [0.4, 0.5) is 5.69 Å². The largest absolute Gasteiger partial charge is 0.392 e. The van der Waals surface area contributed by atoms with E-state index in [0.717, 1.165) is 23.1 Å². The van der Waals surface area contributed by atoms with E-state index in [4.69, 9.17) is 9.47 Å². The van der Waals surface area contributed by atoms with Crippen LogP contribution in [0, 0.1) is 0 Å². The highest BCUT2D eigenvalue weighted by Gasteiger charge is 2.33. The third-order valence-electron chi connectivity index (χ3n) is 9.74. The van der Waals surface area contributed by atoms with Crippen LogP contribution in [0.1, 0.15) is 41.1 Å². The third-order valence-corrected chi connectivity index (χ3v) is 11.2. The maximum atomic E-state index is 13.6. The molecule has 3 unspecified atom stereocenters. The molecule has 262 valence electrons. The summed E-state index contributed by atoms with van der Waals surface area (Å²) in [5.41, 5.74) is 4.58. The summed E-state index contributed by atoms with van der Waals surface area (Å²) in [5.74, 6) is 0. The van der Waals surface area contributed by atoms with Crippen molar-refractivity contribution in [3.8, 4) is 0 Å². The molecule has 0 bridgehead atoms. The van der Waals surface area contributed by atoms with Gasteiger partial charge in [-0.1, -0.05) is 103 Å². The number of nitrogens with one attached hydrogen (secondary N) is 1. The number of hydrogen-bond donors (Lipinski definition) is 2. The standard InChI is InChI=1S/C43H39N3O5S/c1-46(27-39-37-15-4-2-9-32(37)23-33-10-3-5-16-38(33)39)26-36-25-40(30-20-18-29(28-47)19-21-30)51-43(50-36)34-12-6-14-35(24-34)45-52(48,49)41-17-7-11-31-13-8-22-44-42(31)41/h2-24,36,40,43,45,47H,25-28H2,1H3. The first kappa shape index (κ1) is 34.0. The van der Waals surface area contributed by atoms with Crippen molar-refractivity contribution in [2.45, 2.75) is 43.0 Å². The van der Waals surface area contributed by atoms with E-state index in [1.54, 1.807) is 42.6 Å². The van der Waals surface area contributed by atoms with Gasteiger partial charge in [0.1, 0.15) is 4.90 Å². The summed E-state index contributed by atoms with van der Waals surface area (Å²) in [7, 11) is -1.84. The molecule has 1 aliphatic heterocycles. The number of aliphatic hydroxyl groups is 1. The number of sulfonamides is 1. The first-order valence-electron chi connectivity index (χ1n) is 17.4. The highest BCUT2D eigenvalue weighted by molar-refractivity contribution is 7.93. The SMILES string of the molecule is CN(Cc1c2ccccc2cc2ccccc12)CC1CC(c2ccc(CO)cc2)OC(c2cccc(NS(=O)(=O)c3cccc4cccnc34)c2)O1. The highest BCUT2D eigenvalue weighted by atomic mass is 32.2. The molecule has 1 saturated heterocycles. The fourth-order valence-electron chi connectivity index (χ4n) is 7.25. The van der Waals surface area contributed by atoms with Gasteiger partial charge in [-0.05, 0) is 75.6 Å². The minimum absolute atomic E-state index is 0.0364. The maximum Gasteiger partial charge on any atom is 0.264 e. The minimum atomic E-state index is -3.96. The molecule has 7 aromatic rings. The van der Waals surface area contributed by atoms with E-state index in [0.29, 0.717) is 29.7 Å². The number of likely N-dealkylation sites (N-methyl/N-ethyl adjacent to an activating group) is 1. The number of aliphatic hydroxyl groups excluding tert-OH is 1. The summed E-state index contributed by atoms with van der Waals surface area (Å²) in [4.78, 5) is 6.75. The quantitative estimate of drug-likeness (QED) is 0.137. The Kier molecular flexibility index (Phi) is 9.44. The zero-order chi connectivity index (χ0) is 35.7. The lowest BCUT2D eigenvalue weighted by Crippen LogP contribution is -2.37. The van der Waals surface area contributed by atoms with Crippen molar-refractivity contribution in [1.82, 2.24) is 9.88 Å². The summed E-state index contributed by atoms with van der Waals surface area (Å²) in [6, 6.07) is 43.0. The molecule has 3 atom stereocenters. The van der Waals surface area contributed by atoms with Gasteiger partial charge in [0.15, 0.2) is 6.29 Å². The number of fused-ring (bicyclic) bond motifs is 3. The van der Waals surface area contributed by atoms with E-state index in [1.807, 2.05) is 42.5 Å². The van der Waals surface area contributed by atoms with Crippen LogP contribution in [0.3, 0.4) is 0 Å². The molecule has 0 spiro atoms. The van der Waals surface area contributed by atoms with E-state index in [1.165, 1.54) is 27.1 Å². The molecule has 0 saturated carbocycles. The summed E-state index contributed by atoms with van der Waals surface area (Å²) in [6.07, 6.45) is 0.971. The number of anilines is 1. The lowest BCUT2D eigenvalue weighted by atomic mass is 9.96. The van der Waals surface area contributed by atoms with Gasteiger partial charge in [-0.15, -0.1) is 0 Å². The molecular formula is C43H39N3O5S. The van der Waals surface area contributed by atoms with Crippen molar-refractivity contribution in [3.05, 3.63) is 162 Å². The monoisotopic (exact) mass is 709 g/mol. The number of pyridine rings is 1. The number of ether oxygens (including phenoxy) is 2. The molecular weight excluding hydrogens is 671 g/mol. The van der Waals surface area contributed by atoms with Crippen LogP contribution in [0.25, 0.3) is 32.4 Å². The molecule has 1 aliphatic rings. The van der Waals surface area contributed by atoms with E-state index < -0.39 is 16.3 Å². The normalized spacial score (nSPS) is 17.9. The van der Waals surface area contributed by atoms with E-state index in [-0.39, 0.29) is 23.7 Å². The fourth-order valence-corrected chi connectivity index (χ4v) is 8.48. The van der Waals surface area contributed by atoms with Crippen LogP contribution in [-0.2, 0) is 32.6 Å². The Bertz CT molecular complexity index is 2430. The molecule has 52 heavy (non-hydrogen) atoms. The van der Waals surface area contributed by atoms with Gasteiger partial charge >= 0.3 is 0 Å². The summed E-state index contributed by atoms with van der Waals surface area (Å²) in [5, 5.41) is 15.3. The second-order valence-corrected chi connectivity index (χ2v) is 15.1. The van der Waals surface area contributed by atoms with Gasteiger partial charge in [-0.2, -0.15) is 0 Å². The van der Waals surface area contributed by atoms with Crippen molar-refractivity contribution >= 4 is 48.2 Å². The van der Waals surface area contributed by atoms with Crippen molar-refractivity contribution in [3.63, 3.8) is 0 Å². The van der Waals surface area contributed by atoms with Crippen LogP contribution in [-0.4, -0.2) is 43.1 Å². The Morgan fingerprint density at radius 2 is 1.46 bits per heavy atom. The molecule has 0 aliphatic carbocycles. The summed E-state index contributed by atoms with van der Waals surface area (Å²) < 4.78 is 43.3. The maximum absolute atomic E-state index is 13.6. The fraction of sp³-hybridized carbons (Fsp3) is 0.186. The third kappa shape index (κ3) is 7.01. The van der Waals surface area contributed by atoms with Crippen molar-refractivity contribution in [2.24, 2.45) is 0 Å². The van der Waals surface area contributed by atoms with E-state index in [9.17, 15) is 13.5 Å². The summed E-state index contributed by atoms with van der Waals surface area (Å²) in [6.45, 7) is 1.33. The molecule has 6 aromatic carbocycles. The first-order chi connectivity index (χ1) is 25.3. The van der Waals surface area contributed by atoms with Crippen molar-refractivity contribution in [1.29, 1.82) is 0 Å². The minimum Gasteiger partial charge on any atom is -0.392 e. The molecule has 9 heteroatoms. The van der Waals surface area contributed by atoms with Gasteiger partial charge in [0, 0.05) is 42.3 Å². The molecule has 8 rings (SSSR count).